The van der Waals surface area contributed by atoms with E-state index < -0.39 is 5.91 Å². The highest BCUT2D eigenvalue weighted by Gasteiger charge is 2.13. The first kappa shape index (κ1) is 11.7. The van der Waals surface area contributed by atoms with Gasteiger partial charge >= 0.3 is 0 Å². The third-order valence-corrected chi connectivity index (χ3v) is 2.65. The second kappa shape index (κ2) is 4.60. The Kier molecular flexibility index (Phi) is 2.98. The summed E-state index contributed by atoms with van der Waals surface area (Å²) in [7, 11) is 0. The molecule has 4 N–H and O–H groups in total. The molecule has 0 spiro atoms. The Labute approximate surface area is 104 Å². The molecule has 2 aromatic rings. The van der Waals surface area contributed by atoms with Crippen LogP contribution in [0, 0.1) is 11.3 Å². The number of nitrogen functional groups attached to an aromatic ring is 1. The number of benzene rings is 2. The zero-order chi connectivity index (χ0) is 13.1. The van der Waals surface area contributed by atoms with E-state index in [1.807, 2.05) is 0 Å². The topological polar surface area (TPSA) is 92.9 Å². The van der Waals surface area contributed by atoms with Crippen molar-refractivity contribution in [2.75, 3.05) is 5.73 Å². The van der Waals surface area contributed by atoms with E-state index >= 15 is 0 Å². The van der Waals surface area contributed by atoms with Crippen molar-refractivity contribution in [1.82, 2.24) is 0 Å². The van der Waals surface area contributed by atoms with Crippen LogP contribution in [0.3, 0.4) is 0 Å². The van der Waals surface area contributed by atoms with Crippen LogP contribution in [0.15, 0.2) is 42.5 Å². The molecule has 0 fully saturated rings. The SMILES string of the molecule is N#Cc1ccccc1-c1ccc(N)cc1C(N)=O. The molecule has 0 unspecified atom stereocenters. The molecule has 4 heteroatoms. The third-order valence-electron chi connectivity index (χ3n) is 2.65. The van der Waals surface area contributed by atoms with Crippen molar-refractivity contribution in [2.45, 2.75) is 0 Å². The van der Waals surface area contributed by atoms with Gasteiger partial charge in [0.2, 0.25) is 5.91 Å². The van der Waals surface area contributed by atoms with Crippen molar-refractivity contribution in [1.29, 1.82) is 5.26 Å². The molecule has 2 rings (SSSR count). The van der Waals surface area contributed by atoms with Crippen molar-refractivity contribution in [3.05, 3.63) is 53.6 Å². The molecule has 1 amide bonds. The van der Waals surface area contributed by atoms with Crippen LogP contribution >= 0.6 is 0 Å². The maximum atomic E-state index is 11.4. The number of hydrogen-bond donors (Lipinski definition) is 2. The van der Waals surface area contributed by atoms with Crippen molar-refractivity contribution in [2.24, 2.45) is 5.73 Å². The fourth-order valence-corrected chi connectivity index (χ4v) is 1.82. The van der Waals surface area contributed by atoms with Crippen molar-refractivity contribution >= 4 is 11.6 Å². The number of carbonyl (C=O) groups excluding carboxylic acids is 1. The molecule has 0 radical (unpaired) electrons. The lowest BCUT2D eigenvalue weighted by molar-refractivity contribution is 0.100. The minimum absolute atomic E-state index is 0.317. The quantitative estimate of drug-likeness (QED) is 0.781. The number of primary amides is 1. The van der Waals surface area contributed by atoms with Gasteiger partial charge in [-0.15, -0.1) is 0 Å². The zero-order valence-corrected chi connectivity index (χ0v) is 9.55. The van der Waals surface area contributed by atoms with Gasteiger partial charge < -0.3 is 11.5 Å². The Balaban J connectivity index is 2.72. The molecule has 0 aliphatic carbocycles. The second-order valence-corrected chi connectivity index (χ2v) is 3.83. The summed E-state index contributed by atoms with van der Waals surface area (Å²) >= 11 is 0. The molecule has 0 saturated heterocycles. The molecule has 0 aliphatic rings. The Morgan fingerprint density at radius 1 is 1.11 bits per heavy atom. The van der Waals surface area contributed by atoms with Gasteiger partial charge in [-0.1, -0.05) is 24.3 Å². The van der Waals surface area contributed by atoms with Gasteiger partial charge in [-0.05, 0) is 23.8 Å². The molecule has 4 nitrogen and oxygen atoms in total. The summed E-state index contributed by atoms with van der Waals surface area (Å²) in [5.74, 6) is -0.565. The summed E-state index contributed by atoms with van der Waals surface area (Å²) in [5, 5.41) is 9.07. The number of nitrogens with zero attached hydrogens (tertiary/aromatic N) is 1. The summed E-state index contributed by atoms with van der Waals surface area (Å²) in [5.41, 5.74) is 13.5. The molecule has 0 heterocycles. The Hall–Kier alpha value is -2.80. The fourth-order valence-electron chi connectivity index (χ4n) is 1.82. The van der Waals surface area contributed by atoms with Crippen molar-refractivity contribution in [3.8, 4) is 17.2 Å². The second-order valence-electron chi connectivity index (χ2n) is 3.83. The molecular formula is C14H11N3O. The third kappa shape index (κ3) is 2.02. The number of anilines is 1. The van der Waals surface area contributed by atoms with E-state index in [-0.39, 0.29) is 0 Å². The number of nitriles is 1. The zero-order valence-electron chi connectivity index (χ0n) is 9.55. The van der Waals surface area contributed by atoms with Gasteiger partial charge in [-0.3, -0.25) is 4.79 Å². The molecule has 18 heavy (non-hydrogen) atoms. The molecule has 88 valence electrons. The lowest BCUT2D eigenvalue weighted by atomic mass is 9.95. The van der Waals surface area contributed by atoms with Gasteiger partial charge in [0.05, 0.1) is 11.6 Å². The van der Waals surface area contributed by atoms with Gasteiger partial charge in [0.15, 0.2) is 0 Å². The standard InChI is InChI=1S/C14H11N3O/c15-8-9-3-1-2-4-11(9)12-6-5-10(16)7-13(12)14(17)18/h1-7H,16H2,(H2,17,18). The normalized spacial score (nSPS) is 9.72. The van der Waals surface area contributed by atoms with Gasteiger partial charge in [-0.25, -0.2) is 0 Å². The van der Waals surface area contributed by atoms with E-state index in [9.17, 15) is 4.79 Å². The smallest absolute Gasteiger partial charge is 0.249 e. The minimum Gasteiger partial charge on any atom is -0.399 e. The summed E-state index contributed by atoms with van der Waals surface area (Å²) < 4.78 is 0. The monoisotopic (exact) mass is 237 g/mol. The summed E-state index contributed by atoms with van der Waals surface area (Å²) in [6.07, 6.45) is 0. The number of hydrogen-bond acceptors (Lipinski definition) is 3. The van der Waals surface area contributed by atoms with Crippen LogP contribution in [-0.2, 0) is 0 Å². The van der Waals surface area contributed by atoms with Crippen molar-refractivity contribution in [3.63, 3.8) is 0 Å². The highest BCUT2D eigenvalue weighted by molar-refractivity contribution is 6.01. The van der Waals surface area contributed by atoms with Crippen LogP contribution in [0.25, 0.3) is 11.1 Å². The van der Waals surface area contributed by atoms with E-state index in [2.05, 4.69) is 6.07 Å². The molecular weight excluding hydrogens is 226 g/mol. The lowest BCUT2D eigenvalue weighted by Crippen LogP contribution is -2.13. The summed E-state index contributed by atoms with van der Waals surface area (Å²) in [4.78, 5) is 11.4. The van der Waals surface area contributed by atoms with Gasteiger partial charge in [-0.2, -0.15) is 5.26 Å². The molecule has 2 aromatic carbocycles. The van der Waals surface area contributed by atoms with E-state index in [1.54, 1.807) is 36.4 Å². The number of nitrogens with two attached hydrogens (primary N) is 2. The molecule has 0 aromatic heterocycles. The number of carbonyl (C=O) groups is 1. The molecule has 0 bridgehead atoms. The first-order valence-electron chi connectivity index (χ1n) is 5.32. The Morgan fingerprint density at radius 2 is 1.83 bits per heavy atom. The first-order chi connectivity index (χ1) is 8.63. The number of rotatable bonds is 2. The van der Waals surface area contributed by atoms with Crippen LogP contribution in [-0.4, -0.2) is 5.91 Å². The first-order valence-corrected chi connectivity index (χ1v) is 5.32. The predicted octanol–water partition coefficient (Wildman–Crippen LogP) is 1.91. The van der Waals surface area contributed by atoms with Crippen LogP contribution in [0.1, 0.15) is 15.9 Å². The Morgan fingerprint density at radius 3 is 2.50 bits per heavy atom. The summed E-state index contributed by atoms with van der Waals surface area (Å²) in [6, 6.07) is 14.0. The van der Waals surface area contributed by atoms with Gasteiger partial charge in [0.25, 0.3) is 0 Å². The van der Waals surface area contributed by atoms with E-state index in [0.717, 1.165) is 0 Å². The number of amides is 1. The fraction of sp³-hybridized carbons (Fsp3) is 0. The maximum Gasteiger partial charge on any atom is 0.249 e. The summed E-state index contributed by atoms with van der Waals surface area (Å²) in [6.45, 7) is 0. The lowest BCUT2D eigenvalue weighted by Gasteiger charge is -2.09. The Bertz CT molecular complexity index is 656. The highest BCUT2D eigenvalue weighted by Crippen LogP contribution is 2.28. The highest BCUT2D eigenvalue weighted by atomic mass is 16.1. The average Bonchev–Trinajstić information content (AvgIpc) is 2.38. The van der Waals surface area contributed by atoms with Crippen LogP contribution < -0.4 is 11.5 Å². The van der Waals surface area contributed by atoms with Crippen molar-refractivity contribution < 1.29 is 4.79 Å². The predicted molar refractivity (Wildman–Crippen MR) is 69.5 cm³/mol. The van der Waals surface area contributed by atoms with E-state index in [1.165, 1.54) is 6.07 Å². The van der Waals surface area contributed by atoms with Gasteiger partial charge in [0, 0.05) is 16.8 Å². The average molecular weight is 237 g/mol. The molecule has 0 aliphatic heterocycles. The molecule has 0 atom stereocenters. The van der Waals surface area contributed by atoms with Crippen LogP contribution in [0.4, 0.5) is 5.69 Å². The van der Waals surface area contributed by atoms with E-state index in [4.69, 9.17) is 16.7 Å². The van der Waals surface area contributed by atoms with E-state index in [0.29, 0.717) is 27.9 Å². The van der Waals surface area contributed by atoms with Gasteiger partial charge in [0.1, 0.15) is 0 Å². The van der Waals surface area contributed by atoms with Crippen LogP contribution in [0.2, 0.25) is 0 Å². The largest absolute Gasteiger partial charge is 0.399 e. The maximum absolute atomic E-state index is 11.4. The van der Waals surface area contributed by atoms with Crippen LogP contribution in [0.5, 0.6) is 0 Å². The minimum atomic E-state index is -0.565. The molecule has 0 saturated carbocycles.